The second-order valence-electron chi connectivity index (χ2n) is 5.38. The quantitative estimate of drug-likeness (QED) is 0.418. The van der Waals surface area contributed by atoms with Crippen LogP contribution in [0.4, 0.5) is 0 Å². The Morgan fingerprint density at radius 3 is 2.88 bits per heavy atom. The number of benzene rings is 1. The Morgan fingerprint density at radius 1 is 1.29 bits per heavy atom. The Balaban J connectivity index is 1.90. The number of nitrogens with zero attached hydrogens (tertiary/aromatic N) is 3. The molecule has 0 fully saturated rings. The van der Waals surface area contributed by atoms with Gasteiger partial charge in [-0.1, -0.05) is 34.6 Å². The van der Waals surface area contributed by atoms with Crippen molar-refractivity contribution in [1.29, 1.82) is 0 Å². The molecule has 0 unspecified atom stereocenters. The van der Waals surface area contributed by atoms with Gasteiger partial charge in [-0.3, -0.25) is 9.36 Å². The summed E-state index contributed by atoms with van der Waals surface area (Å²) in [5.74, 6) is 0.731. The van der Waals surface area contributed by atoms with Gasteiger partial charge in [0.05, 0.1) is 21.6 Å². The highest BCUT2D eigenvalue weighted by molar-refractivity contribution is 9.10. The molecule has 24 heavy (non-hydrogen) atoms. The molecule has 0 aliphatic carbocycles. The predicted octanol–water partition coefficient (Wildman–Crippen LogP) is 4.88. The molecule has 4 nitrogen and oxygen atoms in total. The van der Waals surface area contributed by atoms with Crippen LogP contribution in [-0.2, 0) is 18.7 Å². The molecule has 0 atom stereocenters. The van der Waals surface area contributed by atoms with Crippen LogP contribution in [0.15, 0.2) is 38.0 Å². The molecule has 3 rings (SSSR count). The highest BCUT2D eigenvalue weighted by Gasteiger charge is 2.12. The lowest BCUT2D eigenvalue weighted by atomic mass is 10.2. The van der Waals surface area contributed by atoms with E-state index < -0.39 is 0 Å². The molecule has 0 saturated heterocycles. The minimum absolute atomic E-state index is 0.0104. The van der Waals surface area contributed by atoms with Crippen LogP contribution in [0.5, 0.6) is 0 Å². The van der Waals surface area contributed by atoms with Gasteiger partial charge in [0.25, 0.3) is 5.56 Å². The standard InChI is InChI=1S/C17H18BrN3OS2/c1-3-5-15-19-12(9-23-15)10-24-17-20-14-7-6-11(18)8-13(14)16(22)21(17)4-2/h6-9H,3-5,10H2,1-2H3. The summed E-state index contributed by atoms with van der Waals surface area (Å²) < 4.78 is 2.63. The molecule has 7 heteroatoms. The van der Waals surface area contributed by atoms with Crippen LogP contribution in [0.2, 0.25) is 0 Å². The number of hydrogen-bond donors (Lipinski definition) is 0. The van der Waals surface area contributed by atoms with Crippen molar-refractivity contribution in [1.82, 2.24) is 14.5 Å². The van der Waals surface area contributed by atoms with Crippen molar-refractivity contribution < 1.29 is 0 Å². The lowest BCUT2D eigenvalue weighted by molar-refractivity contribution is 0.634. The smallest absolute Gasteiger partial charge is 0.262 e. The predicted molar refractivity (Wildman–Crippen MR) is 105 cm³/mol. The van der Waals surface area contributed by atoms with Gasteiger partial charge in [-0.25, -0.2) is 9.97 Å². The molecule has 0 radical (unpaired) electrons. The maximum atomic E-state index is 12.7. The molecule has 0 N–H and O–H groups in total. The van der Waals surface area contributed by atoms with Crippen molar-refractivity contribution in [3.63, 3.8) is 0 Å². The van der Waals surface area contributed by atoms with Gasteiger partial charge < -0.3 is 0 Å². The van der Waals surface area contributed by atoms with Crippen molar-refractivity contribution >= 4 is 49.9 Å². The number of fused-ring (bicyclic) bond motifs is 1. The number of thioether (sulfide) groups is 1. The van der Waals surface area contributed by atoms with E-state index in [1.165, 1.54) is 5.01 Å². The maximum absolute atomic E-state index is 12.7. The first-order chi connectivity index (χ1) is 11.6. The molecule has 0 aliphatic heterocycles. The lowest BCUT2D eigenvalue weighted by Crippen LogP contribution is -2.22. The number of thiazole rings is 1. The van der Waals surface area contributed by atoms with E-state index in [1.807, 2.05) is 25.1 Å². The third kappa shape index (κ3) is 3.73. The fourth-order valence-electron chi connectivity index (χ4n) is 2.44. The van der Waals surface area contributed by atoms with E-state index in [2.05, 4.69) is 38.2 Å². The summed E-state index contributed by atoms with van der Waals surface area (Å²) >= 11 is 6.70. The third-order valence-corrected chi connectivity index (χ3v) is 6.07. The zero-order valence-corrected chi connectivity index (χ0v) is 16.8. The van der Waals surface area contributed by atoms with Gasteiger partial charge in [-0.05, 0) is 38.0 Å². The molecular formula is C17H18BrN3OS2. The highest BCUT2D eigenvalue weighted by Crippen LogP contribution is 2.24. The van der Waals surface area contributed by atoms with Crippen LogP contribution in [0.1, 0.15) is 31.0 Å². The average Bonchev–Trinajstić information content (AvgIpc) is 3.02. The molecule has 0 spiro atoms. The average molecular weight is 424 g/mol. The fraction of sp³-hybridized carbons (Fsp3) is 0.353. The Hall–Kier alpha value is -1.18. The Morgan fingerprint density at radius 2 is 2.12 bits per heavy atom. The zero-order chi connectivity index (χ0) is 17.1. The second kappa shape index (κ2) is 7.80. The van der Waals surface area contributed by atoms with Crippen molar-refractivity contribution in [2.75, 3.05) is 0 Å². The molecule has 0 amide bonds. The first kappa shape index (κ1) is 17.6. The van der Waals surface area contributed by atoms with Crippen LogP contribution in [-0.4, -0.2) is 14.5 Å². The number of hydrogen-bond acceptors (Lipinski definition) is 5. The first-order valence-electron chi connectivity index (χ1n) is 7.88. The van der Waals surface area contributed by atoms with E-state index in [1.54, 1.807) is 27.7 Å². The minimum atomic E-state index is 0.0104. The van der Waals surface area contributed by atoms with E-state index in [9.17, 15) is 4.79 Å². The van der Waals surface area contributed by atoms with Crippen LogP contribution in [0.25, 0.3) is 10.9 Å². The zero-order valence-electron chi connectivity index (χ0n) is 13.6. The van der Waals surface area contributed by atoms with Gasteiger partial charge in [-0.2, -0.15) is 0 Å². The summed E-state index contributed by atoms with van der Waals surface area (Å²) in [4.78, 5) is 22.0. The summed E-state index contributed by atoms with van der Waals surface area (Å²) in [5.41, 5.74) is 1.80. The monoisotopic (exact) mass is 423 g/mol. The molecular weight excluding hydrogens is 406 g/mol. The van der Waals surface area contributed by atoms with Crippen LogP contribution >= 0.6 is 39.0 Å². The molecule has 126 valence electrons. The Kier molecular flexibility index (Phi) is 5.73. The molecule has 0 saturated carbocycles. The number of aryl methyl sites for hydroxylation is 1. The van der Waals surface area contributed by atoms with Gasteiger partial charge in [0.15, 0.2) is 5.16 Å². The summed E-state index contributed by atoms with van der Waals surface area (Å²) in [6.07, 6.45) is 2.13. The number of rotatable bonds is 6. The molecule has 1 aromatic carbocycles. The van der Waals surface area contributed by atoms with E-state index in [0.29, 0.717) is 11.9 Å². The normalized spacial score (nSPS) is 11.3. The Labute approximate surface area is 157 Å². The summed E-state index contributed by atoms with van der Waals surface area (Å²) in [6, 6.07) is 5.63. The van der Waals surface area contributed by atoms with Gasteiger partial charge in [0.2, 0.25) is 0 Å². The maximum Gasteiger partial charge on any atom is 0.262 e. The van der Waals surface area contributed by atoms with Crippen LogP contribution in [0, 0.1) is 0 Å². The van der Waals surface area contributed by atoms with E-state index in [-0.39, 0.29) is 5.56 Å². The second-order valence-corrected chi connectivity index (χ2v) is 8.18. The molecule has 0 aliphatic rings. The lowest BCUT2D eigenvalue weighted by Gasteiger charge is -2.10. The van der Waals surface area contributed by atoms with Crippen molar-refractivity contribution in [3.8, 4) is 0 Å². The summed E-state index contributed by atoms with van der Waals surface area (Å²) in [7, 11) is 0. The fourth-order valence-corrected chi connectivity index (χ4v) is 4.77. The summed E-state index contributed by atoms with van der Waals surface area (Å²) in [5, 5.41) is 4.68. The largest absolute Gasteiger partial charge is 0.287 e. The SMILES string of the molecule is CCCc1nc(CSc2nc3ccc(Br)cc3c(=O)n2CC)cs1. The Bertz CT molecular complexity index is 920. The molecule has 2 heterocycles. The first-order valence-corrected chi connectivity index (χ1v) is 10.5. The van der Waals surface area contributed by atoms with E-state index >= 15 is 0 Å². The molecule has 3 aromatic rings. The minimum Gasteiger partial charge on any atom is -0.287 e. The van der Waals surface area contributed by atoms with Gasteiger partial charge in [-0.15, -0.1) is 11.3 Å². The summed E-state index contributed by atoms with van der Waals surface area (Å²) in [6.45, 7) is 4.74. The van der Waals surface area contributed by atoms with Crippen LogP contribution in [0.3, 0.4) is 0 Å². The van der Waals surface area contributed by atoms with Gasteiger partial charge in [0.1, 0.15) is 0 Å². The third-order valence-electron chi connectivity index (χ3n) is 3.61. The van der Waals surface area contributed by atoms with Crippen LogP contribution < -0.4 is 5.56 Å². The van der Waals surface area contributed by atoms with E-state index in [4.69, 9.17) is 0 Å². The van der Waals surface area contributed by atoms with Gasteiger partial charge >= 0.3 is 0 Å². The van der Waals surface area contributed by atoms with Crippen molar-refractivity contribution in [2.45, 2.75) is 44.1 Å². The highest BCUT2D eigenvalue weighted by atomic mass is 79.9. The van der Waals surface area contributed by atoms with Gasteiger partial charge in [0, 0.05) is 22.2 Å². The molecule has 0 bridgehead atoms. The van der Waals surface area contributed by atoms with Crippen molar-refractivity contribution in [3.05, 3.63) is 49.1 Å². The van der Waals surface area contributed by atoms with Crippen molar-refractivity contribution in [2.24, 2.45) is 0 Å². The number of aromatic nitrogens is 3. The van der Waals surface area contributed by atoms with E-state index in [0.717, 1.165) is 39.4 Å². The molecule has 2 aromatic heterocycles. The topological polar surface area (TPSA) is 47.8 Å². The number of halogens is 1.